The van der Waals surface area contributed by atoms with Crippen molar-refractivity contribution in [2.45, 2.75) is 38.6 Å². The molecule has 0 aliphatic carbocycles. The Morgan fingerprint density at radius 3 is 3.00 bits per heavy atom. The fourth-order valence-corrected chi connectivity index (χ4v) is 2.96. The van der Waals surface area contributed by atoms with Gasteiger partial charge in [0, 0.05) is 29.4 Å². The number of unbranched alkanes of at least 4 members (excludes halogenated alkanes) is 2. The number of halogens is 1. The largest absolute Gasteiger partial charge is 0.493 e. The predicted octanol–water partition coefficient (Wildman–Crippen LogP) is 3.12. The molecule has 0 saturated heterocycles. The van der Waals surface area contributed by atoms with Crippen molar-refractivity contribution in [1.29, 1.82) is 0 Å². The highest BCUT2D eigenvalue weighted by Crippen LogP contribution is 2.32. The van der Waals surface area contributed by atoms with Crippen molar-refractivity contribution in [3.05, 3.63) is 27.7 Å². The zero-order valence-corrected chi connectivity index (χ0v) is 13.0. The van der Waals surface area contributed by atoms with Crippen LogP contribution in [0.4, 0.5) is 0 Å². The quantitative estimate of drug-likeness (QED) is 0.713. The lowest BCUT2D eigenvalue weighted by Gasteiger charge is -2.10. The summed E-state index contributed by atoms with van der Waals surface area (Å²) in [6, 6.07) is 4.22. The number of carbonyl (C=O) groups is 1. The van der Waals surface area contributed by atoms with Gasteiger partial charge >= 0.3 is 5.97 Å². The number of rotatable bonds is 8. The lowest BCUT2D eigenvalue weighted by Crippen LogP contribution is -2.15. The van der Waals surface area contributed by atoms with Crippen LogP contribution in [-0.2, 0) is 17.8 Å². The zero-order valence-electron chi connectivity index (χ0n) is 11.5. The molecule has 2 rings (SSSR count). The monoisotopic (exact) mass is 341 g/mol. The van der Waals surface area contributed by atoms with E-state index in [1.807, 2.05) is 0 Å². The Labute approximate surface area is 127 Å². The van der Waals surface area contributed by atoms with Gasteiger partial charge in [-0.2, -0.15) is 0 Å². The topological polar surface area (TPSA) is 58.6 Å². The molecule has 2 N–H and O–H groups in total. The summed E-state index contributed by atoms with van der Waals surface area (Å²) in [6.07, 6.45) is 3.97. The van der Waals surface area contributed by atoms with Gasteiger partial charge in [0.25, 0.3) is 0 Å². The lowest BCUT2D eigenvalue weighted by molar-refractivity contribution is -0.137. The first-order valence-electron chi connectivity index (χ1n) is 7.03. The van der Waals surface area contributed by atoms with E-state index in [9.17, 15) is 4.79 Å². The number of carboxylic acids is 1. The molecule has 0 bridgehead atoms. The van der Waals surface area contributed by atoms with Crippen molar-refractivity contribution in [1.82, 2.24) is 5.32 Å². The molecule has 0 fully saturated rings. The third kappa shape index (κ3) is 4.49. The summed E-state index contributed by atoms with van der Waals surface area (Å²) in [4.78, 5) is 10.4. The maximum atomic E-state index is 10.4. The van der Waals surface area contributed by atoms with Crippen molar-refractivity contribution in [3.63, 3.8) is 0 Å². The summed E-state index contributed by atoms with van der Waals surface area (Å²) in [5.41, 5.74) is 2.47. The molecule has 1 aromatic rings. The number of benzene rings is 1. The Balaban J connectivity index is 1.71. The standard InChI is InChI=1S/C15H20BrNO3/c16-13-8-11-5-7-20-15(11)12(9-13)10-17-6-3-1-2-4-14(18)19/h8-9,17H,1-7,10H2,(H,18,19). The molecule has 20 heavy (non-hydrogen) atoms. The molecule has 5 heteroatoms. The molecule has 0 unspecified atom stereocenters. The van der Waals surface area contributed by atoms with Crippen LogP contribution < -0.4 is 10.1 Å². The molecule has 0 saturated carbocycles. The molecule has 0 aromatic heterocycles. The molecule has 1 aromatic carbocycles. The van der Waals surface area contributed by atoms with Gasteiger partial charge < -0.3 is 15.2 Å². The van der Waals surface area contributed by atoms with Crippen LogP contribution in [0.2, 0.25) is 0 Å². The summed E-state index contributed by atoms with van der Waals surface area (Å²) >= 11 is 3.53. The summed E-state index contributed by atoms with van der Waals surface area (Å²) in [5.74, 6) is 0.325. The van der Waals surface area contributed by atoms with Gasteiger partial charge in [-0.1, -0.05) is 22.4 Å². The molecule has 110 valence electrons. The van der Waals surface area contributed by atoms with E-state index in [0.29, 0.717) is 0 Å². The Bertz CT molecular complexity index is 476. The van der Waals surface area contributed by atoms with Crippen molar-refractivity contribution in [2.24, 2.45) is 0 Å². The van der Waals surface area contributed by atoms with Crippen LogP contribution in [0.3, 0.4) is 0 Å². The Morgan fingerprint density at radius 1 is 1.35 bits per heavy atom. The van der Waals surface area contributed by atoms with E-state index < -0.39 is 5.97 Å². The third-order valence-corrected chi connectivity index (χ3v) is 3.84. The second kappa shape index (κ2) is 7.64. The van der Waals surface area contributed by atoms with Gasteiger partial charge in [-0.15, -0.1) is 0 Å². The maximum absolute atomic E-state index is 10.4. The Morgan fingerprint density at radius 2 is 2.20 bits per heavy atom. The van der Waals surface area contributed by atoms with Crippen molar-refractivity contribution < 1.29 is 14.6 Å². The maximum Gasteiger partial charge on any atom is 0.303 e. The second-order valence-corrected chi connectivity index (χ2v) is 5.95. The fourth-order valence-electron chi connectivity index (χ4n) is 2.40. The van der Waals surface area contributed by atoms with Crippen molar-refractivity contribution in [2.75, 3.05) is 13.2 Å². The molecular formula is C15H20BrNO3. The first kappa shape index (κ1) is 15.3. The normalized spacial score (nSPS) is 13.1. The van der Waals surface area contributed by atoms with E-state index in [0.717, 1.165) is 55.6 Å². The van der Waals surface area contributed by atoms with E-state index in [1.165, 1.54) is 11.1 Å². The van der Waals surface area contributed by atoms with E-state index >= 15 is 0 Å². The molecule has 4 nitrogen and oxygen atoms in total. The molecule has 1 aliphatic heterocycles. The van der Waals surface area contributed by atoms with Gasteiger partial charge in [-0.25, -0.2) is 0 Å². The van der Waals surface area contributed by atoms with Gasteiger partial charge in [0.1, 0.15) is 5.75 Å². The number of ether oxygens (including phenoxy) is 1. The number of aliphatic carboxylic acids is 1. The van der Waals surface area contributed by atoms with Crippen molar-refractivity contribution in [3.8, 4) is 5.75 Å². The van der Waals surface area contributed by atoms with Gasteiger partial charge in [-0.05, 0) is 37.1 Å². The molecule has 0 amide bonds. The van der Waals surface area contributed by atoms with E-state index in [1.54, 1.807) is 0 Å². The zero-order chi connectivity index (χ0) is 14.4. The number of hydrogen-bond acceptors (Lipinski definition) is 3. The number of carboxylic acid groups (broad SMARTS) is 1. The van der Waals surface area contributed by atoms with Gasteiger partial charge in [-0.3, -0.25) is 4.79 Å². The van der Waals surface area contributed by atoms with Crippen LogP contribution in [-0.4, -0.2) is 24.2 Å². The van der Waals surface area contributed by atoms with Gasteiger partial charge in [0.05, 0.1) is 6.61 Å². The minimum atomic E-state index is -0.709. The lowest BCUT2D eigenvalue weighted by atomic mass is 10.1. The van der Waals surface area contributed by atoms with Crippen molar-refractivity contribution >= 4 is 21.9 Å². The Kier molecular flexibility index (Phi) is 5.86. The summed E-state index contributed by atoms with van der Waals surface area (Å²) in [5, 5.41) is 11.9. The minimum absolute atomic E-state index is 0.271. The molecule has 1 heterocycles. The first-order valence-corrected chi connectivity index (χ1v) is 7.82. The average Bonchev–Trinajstić information content (AvgIpc) is 2.85. The summed E-state index contributed by atoms with van der Waals surface area (Å²) < 4.78 is 6.78. The third-order valence-electron chi connectivity index (χ3n) is 3.38. The van der Waals surface area contributed by atoms with E-state index in [4.69, 9.17) is 9.84 Å². The molecule has 0 atom stereocenters. The SMILES string of the molecule is O=C(O)CCCCCNCc1cc(Br)cc2c1OCC2. The number of fused-ring (bicyclic) bond motifs is 1. The first-order chi connectivity index (χ1) is 9.66. The van der Waals surface area contributed by atoms with E-state index in [-0.39, 0.29) is 6.42 Å². The summed E-state index contributed by atoms with van der Waals surface area (Å²) in [7, 11) is 0. The van der Waals surface area contributed by atoms with Gasteiger partial charge in [0.2, 0.25) is 0 Å². The smallest absolute Gasteiger partial charge is 0.303 e. The highest BCUT2D eigenvalue weighted by Gasteiger charge is 2.16. The molecule has 0 spiro atoms. The van der Waals surface area contributed by atoms with Crippen LogP contribution in [0.5, 0.6) is 5.75 Å². The van der Waals surface area contributed by atoms with Crippen LogP contribution >= 0.6 is 15.9 Å². The average molecular weight is 342 g/mol. The number of nitrogens with one attached hydrogen (secondary N) is 1. The summed E-state index contributed by atoms with van der Waals surface area (Å²) in [6.45, 7) is 2.47. The van der Waals surface area contributed by atoms with Gasteiger partial charge in [0.15, 0.2) is 0 Å². The van der Waals surface area contributed by atoms with Crippen LogP contribution in [0.1, 0.15) is 36.8 Å². The van der Waals surface area contributed by atoms with Crippen LogP contribution in [0, 0.1) is 0 Å². The predicted molar refractivity (Wildman–Crippen MR) is 81.2 cm³/mol. The molecule has 1 aliphatic rings. The highest BCUT2D eigenvalue weighted by molar-refractivity contribution is 9.10. The highest BCUT2D eigenvalue weighted by atomic mass is 79.9. The van der Waals surface area contributed by atoms with Crippen LogP contribution in [0.25, 0.3) is 0 Å². The van der Waals surface area contributed by atoms with Crippen LogP contribution in [0.15, 0.2) is 16.6 Å². The Hall–Kier alpha value is -1.07. The fraction of sp³-hybridized carbons (Fsp3) is 0.533. The van der Waals surface area contributed by atoms with E-state index in [2.05, 4.69) is 33.4 Å². The number of hydrogen-bond donors (Lipinski definition) is 2. The molecule has 0 radical (unpaired) electrons. The second-order valence-electron chi connectivity index (χ2n) is 5.03. The molecular weight excluding hydrogens is 322 g/mol. The minimum Gasteiger partial charge on any atom is -0.493 e.